The van der Waals surface area contributed by atoms with Gasteiger partial charge in [-0.25, -0.2) is 0 Å². The molecule has 1 aliphatic carbocycles. The summed E-state index contributed by atoms with van der Waals surface area (Å²) >= 11 is 0. The summed E-state index contributed by atoms with van der Waals surface area (Å²) in [5, 5.41) is 3.98. The van der Waals surface area contributed by atoms with Gasteiger partial charge in [-0.3, -0.25) is 9.69 Å². The van der Waals surface area contributed by atoms with Crippen LogP contribution in [0.2, 0.25) is 0 Å². The Bertz CT molecular complexity index is 543. The van der Waals surface area contributed by atoms with Crippen molar-refractivity contribution in [2.75, 3.05) is 20.2 Å². The van der Waals surface area contributed by atoms with Crippen LogP contribution in [0.5, 0.6) is 0 Å². The highest BCUT2D eigenvalue weighted by Gasteiger charge is 2.35. The fourth-order valence-corrected chi connectivity index (χ4v) is 3.23. The Kier molecular flexibility index (Phi) is 4.96. The van der Waals surface area contributed by atoms with Crippen LogP contribution in [0.4, 0.5) is 0 Å². The molecule has 2 heterocycles. The zero-order chi connectivity index (χ0) is 16.4. The molecule has 2 atom stereocenters. The minimum atomic E-state index is -0.162. The number of aromatic nitrogens is 2. The van der Waals surface area contributed by atoms with Gasteiger partial charge in [-0.15, -0.1) is 0 Å². The second-order valence-electron chi connectivity index (χ2n) is 6.59. The Hall–Kier alpha value is -1.47. The molecule has 128 valence electrons. The number of rotatable bonds is 7. The number of likely N-dealkylation sites (tertiary alicyclic amines) is 1. The van der Waals surface area contributed by atoms with Gasteiger partial charge < -0.3 is 14.2 Å². The van der Waals surface area contributed by atoms with Crippen molar-refractivity contribution in [3.8, 4) is 0 Å². The molecule has 23 heavy (non-hydrogen) atoms. The van der Waals surface area contributed by atoms with E-state index in [1.54, 1.807) is 14.0 Å². The second-order valence-corrected chi connectivity index (χ2v) is 6.59. The summed E-state index contributed by atoms with van der Waals surface area (Å²) in [5.74, 6) is 1.39. The minimum Gasteiger partial charge on any atom is -0.374 e. The average molecular weight is 322 g/mol. The molecule has 2 aliphatic rings. The van der Waals surface area contributed by atoms with Gasteiger partial charge in [-0.1, -0.05) is 5.16 Å². The van der Waals surface area contributed by atoms with E-state index in [4.69, 9.17) is 9.26 Å². The average Bonchev–Trinajstić information content (AvgIpc) is 3.10. The highest BCUT2D eigenvalue weighted by atomic mass is 16.5. The summed E-state index contributed by atoms with van der Waals surface area (Å²) in [6.07, 6.45) is 4.40. The molecule has 7 nitrogen and oxygen atoms in total. The predicted molar refractivity (Wildman–Crippen MR) is 83.6 cm³/mol. The fraction of sp³-hybridized carbons (Fsp3) is 0.812. The first-order valence-electron chi connectivity index (χ1n) is 8.45. The number of carbonyl (C=O) groups excluding carboxylic acids is 1. The van der Waals surface area contributed by atoms with Crippen molar-refractivity contribution >= 4 is 5.91 Å². The quantitative estimate of drug-likeness (QED) is 0.761. The Morgan fingerprint density at radius 1 is 1.48 bits per heavy atom. The Labute approximate surface area is 137 Å². The molecule has 1 aromatic rings. The van der Waals surface area contributed by atoms with Crippen molar-refractivity contribution in [1.29, 1.82) is 0 Å². The molecule has 1 amide bonds. The zero-order valence-electron chi connectivity index (χ0n) is 14.2. The lowest BCUT2D eigenvalue weighted by molar-refractivity contribution is -0.130. The van der Waals surface area contributed by atoms with E-state index in [0.29, 0.717) is 30.3 Å². The molecule has 0 N–H and O–H groups in total. The van der Waals surface area contributed by atoms with Crippen LogP contribution in [-0.2, 0) is 16.1 Å². The highest BCUT2D eigenvalue weighted by Crippen LogP contribution is 2.29. The molecule has 0 aromatic carbocycles. The van der Waals surface area contributed by atoms with Crippen LogP contribution in [0.25, 0.3) is 0 Å². The molecule has 1 aliphatic heterocycles. The zero-order valence-corrected chi connectivity index (χ0v) is 14.2. The second kappa shape index (κ2) is 6.97. The van der Waals surface area contributed by atoms with Gasteiger partial charge in [0.1, 0.15) is 6.10 Å². The molecule has 0 bridgehead atoms. The van der Waals surface area contributed by atoms with E-state index in [9.17, 15) is 4.79 Å². The van der Waals surface area contributed by atoms with Crippen molar-refractivity contribution in [2.24, 2.45) is 0 Å². The SMILES string of the molecule is CO[C@@H](C)c1noc(CN2CCC[C@H]2CN(C(C)=O)C2CC2)n1. The third kappa shape index (κ3) is 3.90. The molecular formula is C16H26N4O3. The van der Waals surface area contributed by atoms with Crippen LogP contribution >= 0.6 is 0 Å². The Morgan fingerprint density at radius 3 is 2.91 bits per heavy atom. The van der Waals surface area contributed by atoms with E-state index in [1.165, 1.54) is 0 Å². The van der Waals surface area contributed by atoms with E-state index in [0.717, 1.165) is 38.8 Å². The van der Waals surface area contributed by atoms with E-state index in [2.05, 4.69) is 15.0 Å². The van der Waals surface area contributed by atoms with Gasteiger partial charge in [0, 0.05) is 32.7 Å². The number of carbonyl (C=O) groups is 1. The Morgan fingerprint density at radius 2 is 2.26 bits per heavy atom. The molecule has 1 saturated carbocycles. The third-order valence-corrected chi connectivity index (χ3v) is 4.84. The van der Waals surface area contributed by atoms with Crippen LogP contribution in [0.15, 0.2) is 4.52 Å². The third-order valence-electron chi connectivity index (χ3n) is 4.84. The maximum Gasteiger partial charge on any atom is 0.240 e. The minimum absolute atomic E-state index is 0.162. The van der Waals surface area contributed by atoms with Gasteiger partial charge in [0.15, 0.2) is 5.82 Å². The van der Waals surface area contributed by atoms with E-state index < -0.39 is 0 Å². The highest BCUT2D eigenvalue weighted by molar-refractivity contribution is 5.74. The van der Waals surface area contributed by atoms with E-state index in [1.807, 2.05) is 11.8 Å². The number of hydrogen-bond acceptors (Lipinski definition) is 6. The van der Waals surface area contributed by atoms with Gasteiger partial charge in [0.2, 0.25) is 11.8 Å². The summed E-state index contributed by atoms with van der Waals surface area (Å²) < 4.78 is 10.6. The summed E-state index contributed by atoms with van der Waals surface area (Å²) in [5.41, 5.74) is 0. The van der Waals surface area contributed by atoms with Crippen LogP contribution < -0.4 is 0 Å². The molecule has 0 unspecified atom stereocenters. The maximum absolute atomic E-state index is 11.8. The first-order valence-corrected chi connectivity index (χ1v) is 8.45. The Balaban J connectivity index is 1.60. The lowest BCUT2D eigenvalue weighted by Crippen LogP contribution is -2.43. The van der Waals surface area contributed by atoms with Crippen molar-refractivity contribution in [3.05, 3.63) is 11.7 Å². The molecule has 7 heteroatoms. The number of amides is 1. The number of ether oxygens (including phenoxy) is 1. The lowest BCUT2D eigenvalue weighted by atomic mass is 10.2. The maximum atomic E-state index is 11.8. The van der Waals surface area contributed by atoms with Crippen molar-refractivity contribution in [3.63, 3.8) is 0 Å². The molecule has 0 spiro atoms. The van der Waals surface area contributed by atoms with Crippen LogP contribution in [0.3, 0.4) is 0 Å². The number of hydrogen-bond donors (Lipinski definition) is 0. The first kappa shape index (κ1) is 16.4. The standard InChI is InChI=1S/C16H26N4O3/c1-11(22-3)16-17-15(23-18-16)10-19-8-4-5-14(19)9-20(12(2)21)13-6-7-13/h11,13-14H,4-10H2,1-3H3/t11-,14-/m0/s1. The monoisotopic (exact) mass is 322 g/mol. The first-order chi connectivity index (χ1) is 11.1. The lowest BCUT2D eigenvalue weighted by Gasteiger charge is -2.29. The van der Waals surface area contributed by atoms with Gasteiger partial charge >= 0.3 is 0 Å². The van der Waals surface area contributed by atoms with Gasteiger partial charge in [-0.05, 0) is 39.2 Å². The summed E-state index contributed by atoms with van der Waals surface area (Å²) in [6, 6.07) is 0.849. The van der Waals surface area contributed by atoms with Gasteiger partial charge in [-0.2, -0.15) is 4.98 Å². The molecule has 3 rings (SSSR count). The topological polar surface area (TPSA) is 71.7 Å². The smallest absolute Gasteiger partial charge is 0.240 e. The number of methoxy groups -OCH3 is 1. The fourth-order valence-electron chi connectivity index (χ4n) is 3.23. The van der Waals surface area contributed by atoms with E-state index in [-0.39, 0.29) is 12.0 Å². The molecule has 0 radical (unpaired) electrons. The molecule has 1 saturated heterocycles. The predicted octanol–water partition coefficient (Wildman–Crippen LogP) is 1.75. The van der Waals surface area contributed by atoms with Gasteiger partial charge in [0.05, 0.1) is 6.54 Å². The van der Waals surface area contributed by atoms with E-state index >= 15 is 0 Å². The molecular weight excluding hydrogens is 296 g/mol. The molecule has 1 aromatic heterocycles. The van der Waals surface area contributed by atoms with Crippen molar-refractivity contribution in [2.45, 2.75) is 64.3 Å². The van der Waals surface area contributed by atoms with Crippen LogP contribution in [-0.4, -0.2) is 58.1 Å². The normalized spacial score (nSPS) is 23.2. The molecule has 2 fully saturated rings. The largest absolute Gasteiger partial charge is 0.374 e. The summed E-state index contributed by atoms with van der Waals surface area (Å²) in [6.45, 7) is 6.04. The summed E-state index contributed by atoms with van der Waals surface area (Å²) in [7, 11) is 1.63. The van der Waals surface area contributed by atoms with Crippen molar-refractivity contribution < 1.29 is 14.1 Å². The number of nitrogens with zero attached hydrogens (tertiary/aromatic N) is 4. The summed E-state index contributed by atoms with van der Waals surface area (Å²) in [4.78, 5) is 20.6. The van der Waals surface area contributed by atoms with Crippen LogP contribution in [0, 0.1) is 0 Å². The van der Waals surface area contributed by atoms with Crippen molar-refractivity contribution in [1.82, 2.24) is 19.9 Å². The van der Waals surface area contributed by atoms with Crippen LogP contribution in [0.1, 0.15) is 57.3 Å². The van der Waals surface area contributed by atoms with Gasteiger partial charge in [0.25, 0.3) is 0 Å².